The SMILES string of the molecule is Cc1ccccc1C1=c2ccc3c(c2CCC1C)C(c1ccccc1F)C=c1ccc(F)cc1=3. The lowest BCUT2D eigenvalue weighted by molar-refractivity contribution is 0.606. The molecule has 2 aliphatic rings. The normalized spacial score (nSPS) is 18.5. The van der Waals surface area contributed by atoms with Gasteiger partial charge in [0, 0.05) is 5.92 Å². The van der Waals surface area contributed by atoms with Crippen LogP contribution in [-0.2, 0) is 6.42 Å². The number of rotatable bonds is 2. The lowest BCUT2D eigenvalue weighted by Gasteiger charge is -2.29. The summed E-state index contributed by atoms with van der Waals surface area (Å²) >= 11 is 0. The maximum atomic E-state index is 15.1. The van der Waals surface area contributed by atoms with Crippen LogP contribution in [0.3, 0.4) is 0 Å². The maximum Gasteiger partial charge on any atom is 0.127 e. The van der Waals surface area contributed by atoms with Crippen LogP contribution in [0.15, 0.2) is 78.9 Å². The van der Waals surface area contributed by atoms with Crippen molar-refractivity contribution in [2.75, 3.05) is 0 Å². The van der Waals surface area contributed by atoms with Crippen molar-refractivity contribution in [2.45, 2.75) is 32.6 Å². The molecule has 0 bridgehead atoms. The number of hydrogen-bond acceptors (Lipinski definition) is 0. The molecule has 0 saturated heterocycles. The Labute approximate surface area is 198 Å². The second-order valence-electron chi connectivity index (χ2n) is 9.62. The molecule has 0 N–H and O–H groups in total. The van der Waals surface area contributed by atoms with Crippen LogP contribution in [0, 0.1) is 34.9 Å². The molecule has 0 saturated carbocycles. The molecule has 0 heterocycles. The summed E-state index contributed by atoms with van der Waals surface area (Å²) in [5.41, 5.74) is 6.97. The third-order valence-corrected chi connectivity index (χ3v) is 7.61. The Morgan fingerprint density at radius 2 is 1.56 bits per heavy atom. The van der Waals surface area contributed by atoms with E-state index in [0.29, 0.717) is 11.5 Å². The van der Waals surface area contributed by atoms with Gasteiger partial charge in [0.2, 0.25) is 0 Å². The lowest BCUT2D eigenvalue weighted by atomic mass is 9.75. The van der Waals surface area contributed by atoms with E-state index in [4.69, 9.17) is 0 Å². The van der Waals surface area contributed by atoms with E-state index in [0.717, 1.165) is 34.1 Å². The molecule has 4 aromatic rings. The van der Waals surface area contributed by atoms with Crippen molar-refractivity contribution in [3.05, 3.63) is 139 Å². The van der Waals surface area contributed by atoms with Crippen molar-refractivity contribution in [1.82, 2.24) is 0 Å². The lowest BCUT2D eigenvalue weighted by Crippen LogP contribution is -2.28. The predicted molar refractivity (Wildman–Crippen MR) is 134 cm³/mol. The van der Waals surface area contributed by atoms with Crippen molar-refractivity contribution < 1.29 is 8.78 Å². The summed E-state index contributed by atoms with van der Waals surface area (Å²) in [6, 6.07) is 24.9. The Balaban J connectivity index is 1.79. The van der Waals surface area contributed by atoms with Crippen molar-refractivity contribution >= 4 is 11.6 Å². The highest BCUT2D eigenvalue weighted by Crippen LogP contribution is 2.37. The molecule has 0 spiro atoms. The predicted octanol–water partition coefficient (Wildman–Crippen LogP) is 6.27. The number of hydrogen-bond donors (Lipinski definition) is 0. The van der Waals surface area contributed by atoms with Gasteiger partial charge >= 0.3 is 0 Å². The number of fused-ring (bicyclic) bond motifs is 4. The first kappa shape index (κ1) is 21.0. The van der Waals surface area contributed by atoms with E-state index < -0.39 is 0 Å². The smallest absolute Gasteiger partial charge is 0.127 e. The van der Waals surface area contributed by atoms with Crippen LogP contribution in [0.5, 0.6) is 0 Å². The fraction of sp³-hybridized carbons (Fsp3) is 0.188. The molecule has 0 nitrogen and oxygen atoms in total. The first-order chi connectivity index (χ1) is 16.5. The van der Waals surface area contributed by atoms with Gasteiger partial charge in [-0.2, -0.15) is 0 Å². The summed E-state index contributed by atoms with van der Waals surface area (Å²) in [5.74, 6) is -0.238. The van der Waals surface area contributed by atoms with Gasteiger partial charge in [-0.05, 0) is 98.1 Å². The molecule has 4 aromatic carbocycles. The zero-order valence-corrected chi connectivity index (χ0v) is 19.4. The number of aryl methyl sites for hydroxylation is 1. The minimum absolute atomic E-state index is 0.204. The number of halogens is 2. The molecule has 6 rings (SSSR count). The summed E-state index contributed by atoms with van der Waals surface area (Å²) in [5, 5.41) is 4.11. The summed E-state index contributed by atoms with van der Waals surface area (Å²) in [6.45, 7) is 4.46. The highest BCUT2D eigenvalue weighted by atomic mass is 19.1. The molecule has 0 fully saturated rings. The molecule has 2 aliphatic carbocycles. The maximum absolute atomic E-state index is 15.1. The minimum atomic E-state index is -0.249. The van der Waals surface area contributed by atoms with Crippen LogP contribution in [0.1, 0.15) is 47.1 Å². The van der Waals surface area contributed by atoms with E-state index in [1.54, 1.807) is 12.1 Å². The van der Waals surface area contributed by atoms with Gasteiger partial charge in [0.1, 0.15) is 11.6 Å². The zero-order chi connectivity index (χ0) is 23.4. The third kappa shape index (κ3) is 3.24. The molecule has 0 aliphatic heterocycles. The first-order valence-electron chi connectivity index (χ1n) is 12.0. The minimum Gasteiger partial charge on any atom is -0.207 e. The van der Waals surface area contributed by atoms with E-state index in [1.165, 1.54) is 39.6 Å². The van der Waals surface area contributed by atoms with E-state index in [1.807, 2.05) is 18.2 Å². The van der Waals surface area contributed by atoms with E-state index in [9.17, 15) is 4.39 Å². The van der Waals surface area contributed by atoms with Crippen LogP contribution in [-0.4, -0.2) is 0 Å². The molecule has 0 radical (unpaired) electrons. The van der Waals surface area contributed by atoms with E-state index >= 15 is 4.39 Å². The van der Waals surface area contributed by atoms with Crippen LogP contribution in [0.2, 0.25) is 0 Å². The zero-order valence-electron chi connectivity index (χ0n) is 19.4. The van der Waals surface area contributed by atoms with Gasteiger partial charge in [0.25, 0.3) is 0 Å². The Hall–Kier alpha value is -3.52. The van der Waals surface area contributed by atoms with Gasteiger partial charge in [-0.15, -0.1) is 0 Å². The molecule has 34 heavy (non-hydrogen) atoms. The van der Waals surface area contributed by atoms with Gasteiger partial charge < -0.3 is 0 Å². The molecular weight excluding hydrogens is 422 g/mol. The first-order valence-corrected chi connectivity index (χ1v) is 12.0. The third-order valence-electron chi connectivity index (χ3n) is 7.61. The summed E-state index contributed by atoms with van der Waals surface area (Å²) < 4.78 is 29.4. The Morgan fingerprint density at radius 1 is 0.794 bits per heavy atom. The van der Waals surface area contributed by atoms with Crippen LogP contribution in [0.4, 0.5) is 8.78 Å². The van der Waals surface area contributed by atoms with Gasteiger partial charge in [-0.25, -0.2) is 8.78 Å². The fourth-order valence-corrected chi connectivity index (χ4v) is 5.98. The molecule has 0 aromatic heterocycles. The Morgan fingerprint density at radius 3 is 2.38 bits per heavy atom. The second-order valence-corrected chi connectivity index (χ2v) is 9.62. The van der Waals surface area contributed by atoms with Crippen molar-refractivity contribution in [1.29, 1.82) is 0 Å². The van der Waals surface area contributed by atoms with Crippen molar-refractivity contribution in [2.24, 2.45) is 5.92 Å². The monoisotopic (exact) mass is 448 g/mol. The fourth-order valence-electron chi connectivity index (χ4n) is 5.98. The molecule has 2 unspecified atom stereocenters. The van der Waals surface area contributed by atoms with Crippen LogP contribution < -0.4 is 10.4 Å². The van der Waals surface area contributed by atoms with E-state index in [-0.39, 0.29) is 17.6 Å². The summed E-state index contributed by atoms with van der Waals surface area (Å²) in [4.78, 5) is 0. The van der Waals surface area contributed by atoms with Gasteiger partial charge in [-0.3, -0.25) is 0 Å². The molecule has 168 valence electrons. The summed E-state index contributed by atoms with van der Waals surface area (Å²) in [7, 11) is 0. The van der Waals surface area contributed by atoms with Crippen LogP contribution >= 0.6 is 0 Å². The van der Waals surface area contributed by atoms with Crippen molar-refractivity contribution in [3.8, 4) is 0 Å². The largest absolute Gasteiger partial charge is 0.207 e. The molecule has 2 atom stereocenters. The second kappa shape index (κ2) is 8.06. The summed E-state index contributed by atoms with van der Waals surface area (Å²) in [6.07, 6.45) is 4.08. The molecule has 0 amide bonds. The quantitative estimate of drug-likeness (QED) is 0.339. The molecule has 2 heteroatoms. The van der Waals surface area contributed by atoms with Gasteiger partial charge in [0.05, 0.1) is 0 Å². The highest BCUT2D eigenvalue weighted by Gasteiger charge is 2.27. The van der Waals surface area contributed by atoms with Crippen LogP contribution in [0.25, 0.3) is 11.6 Å². The highest BCUT2D eigenvalue weighted by molar-refractivity contribution is 5.72. The topological polar surface area (TPSA) is 0 Å². The van der Waals surface area contributed by atoms with Gasteiger partial charge in [0.15, 0.2) is 0 Å². The standard InChI is InChI=1S/C32H26F2/c1-19-7-3-4-8-23(19)31-20(2)11-14-26-25(31)15-16-27-28-18-22(33)13-12-21(28)17-29(32(26)27)24-9-5-6-10-30(24)34/h3-10,12-13,15-18,20,29H,11,14H2,1-2H3. The van der Waals surface area contributed by atoms with E-state index in [2.05, 4.69) is 56.3 Å². The van der Waals surface area contributed by atoms with Gasteiger partial charge in [-0.1, -0.05) is 73.7 Å². The van der Waals surface area contributed by atoms with Crippen molar-refractivity contribution in [3.63, 3.8) is 0 Å². The molecular formula is C32H26F2. The number of benzene rings is 4. The average molecular weight is 449 g/mol. The Kier molecular flexibility index (Phi) is 4.99. The Bertz CT molecular complexity index is 1660. The average Bonchev–Trinajstić information content (AvgIpc) is 2.84.